The molecule has 1 nitrogen and oxygen atoms in total. The minimum Gasteiger partial charge on any atom is -0.325 e. The molecular weight excluding hydrogens is 204 g/mol. The molecule has 0 bridgehead atoms. The standard InChI is InChI=1S/C10H13F2NS/c1-14-9-5-3-2-4-8(9)6-10(11,12)7-13/h2-5H,6-7,13H2,1H3. The second-order valence-electron chi connectivity index (χ2n) is 3.05. The van der Waals surface area contributed by atoms with E-state index < -0.39 is 12.5 Å². The van der Waals surface area contributed by atoms with E-state index in [1.807, 2.05) is 18.4 Å². The lowest BCUT2D eigenvalue weighted by Crippen LogP contribution is -2.30. The van der Waals surface area contributed by atoms with Gasteiger partial charge in [0.15, 0.2) is 0 Å². The zero-order chi connectivity index (χ0) is 10.6. The summed E-state index contributed by atoms with van der Waals surface area (Å²) in [4.78, 5) is 0.889. The number of hydrogen-bond acceptors (Lipinski definition) is 2. The molecule has 0 amide bonds. The minimum absolute atomic E-state index is 0.277. The van der Waals surface area contributed by atoms with Crippen LogP contribution in [0.5, 0.6) is 0 Å². The highest BCUT2D eigenvalue weighted by atomic mass is 32.2. The fourth-order valence-corrected chi connectivity index (χ4v) is 1.82. The molecule has 0 fully saturated rings. The number of rotatable bonds is 4. The van der Waals surface area contributed by atoms with Crippen LogP contribution in [0, 0.1) is 0 Å². The van der Waals surface area contributed by atoms with E-state index in [0.717, 1.165) is 4.90 Å². The number of hydrogen-bond donors (Lipinski definition) is 1. The zero-order valence-corrected chi connectivity index (χ0v) is 8.78. The molecule has 0 saturated heterocycles. The van der Waals surface area contributed by atoms with E-state index in [1.165, 1.54) is 11.8 Å². The van der Waals surface area contributed by atoms with Gasteiger partial charge in [0.1, 0.15) is 0 Å². The second-order valence-corrected chi connectivity index (χ2v) is 3.90. The summed E-state index contributed by atoms with van der Waals surface area (Å²) in [6.45, 7) is -0.601. The second kappa shape index (κ2) is 4.75. The van der Waals surface area contributed by atoms with E-state index >= 15 is 0 Å². The third kappa shape index (κ3) is 2.96. The van der Waals surface area contributed by atoms with Crippen LogP contribution in [0.1, 0.15) is 5.56 Å². The Morgan fingerprint density at radius 1 is 1.36 bits per heavy atom. The molecule has 1 rings (SSSR count). The molecule has 0 radical (unpaired) electrons. The Balaban J connectivity index is 2.85. The van der Waals surface area contributed by atoms with Crippen LogP contribution in [0.2, 0.25) is 0 Å². The van der Waals surface area contributed by atoms with Gasteiger partial charge in [-0.2, -0.15) is 0 Å². The Kier molecular flexibility index (Phi) is 3.89. The maximum atomic E-state index is 13.0. The lowest BCUT2D eigenvalue weighted by atomic mass is 10.1. The number of halogens is 2. The maximum absolute atomic E-state index is 13.0. The van der Waals surface area contributed by atoms with Crippen LogP contribution in [0.25, 0.3) is 0 Å². The highest BCUT2D eigenvalue weighted by molar-refractivity contribution is 7.98. The van der Waals surface area contributed by atoms with Crippen LogP contribution < -0.4 is 5.73 Å². The summed E-state index contributed by atoms with van der Waals surface area (Å²) >= 11 is 1.47. The first-order valence-corrected chi connectivity index (χ1v) is 5.51. The van der Waals surface area contributed by atoms with Crippen LogP contribution >= 0.6 is 11.8 Å². The van der Waals surface area contributed by atoms with E-state index in [4.69, 9.17) is 5.73 Å². The first kappa shape index (κ1) is 11.5. The molecule has 1 aromatic rings. The van der Waals surface area contributed by atoms with Crippen LogP contribution in [-0.4, -0.2) is 18.7 Å². The first-order valence-electron chi connectivity index (χ1n) is 4.29. The van der Waals surface area contributed by atoms with Crippen molar-refractivity contribution in [2.24, 2.45) is 5.73 Å². The van der Waals surface area contributed by atoms with Gasteiger partial charge in [0.25, 0.3) is 5.92 Å². The third-order valence-electron chi connectivity index (χ3n) is 1.94. The summed E-state index contributed by atoms with van der Waals surface area (Å²) in [5.74, 6) is -2.80. The number of benzene rings is 1. The van der Waals surface area contributed by atoms with Gasteiger partial charge in [-0.15, -0.1) is 11.8 Å². The Morgan fingerprint density at radius 2 is 2.00 bits per heavy atom. The summed E-state index contributed by atoms with van der Waals surface area (Å²) in [5, 5.41) is 0. The summed E-state index contributed by atoms with van der Waals surface area (Å²) < 4.78 is 26.0. The Hall–Kier alpha value is -0.610. The molecule has 0 spiro atoms. The van der Waals surface area contributed by atoms with Crippen molar-refractivity contribution in [3.63, 3.8) is 0 Å². The summed E-state index contributed by atoms with van der Waals surface area (Å²) in [7, 11) is 0. The highest BCUT2D eigenvalue weighted by Crippen LogP contribution is 2.26. The molecule has 14 heavy (non-hydrogen) atoms. The van der Waals surface area contributed by atoms with Gasteiger partial charge < -0.3 is 5.73 Å². The summed E-state index contributed by atoms with van der Waals surface area (Å²) in [6, 6.07) is 7.17. The van der Waals surface area contributed by atoms with E-state index in [9.17, 15) is 8.78 Å². The van der Waals surface area contributed by atoms with Crippen LogP contribution in [0.4, 0.5) is 8.78 Å². The van der Waals surface area contributed by atoms with E-state index in [2.05, 4.69) is 0 Å². The average molecular weight is 217 g/mol. The molecule has 1 aromatic carbocycles. The van der Waals surface area contributed by atoms with Crippen molar-refractivity contribution in [3.05, 3.63) is 29.8 Å². The third-order valence-corrected chi connectivity index (χ3v) is 2.78. The lowest BCUT2D eigenvalue weighted by Gasteiger charge is -2.15. The topological polar surface area (TPSA) is 26.0 Å². The van der Waals surface area contributed by atoms with Crippen molar-refractivity contribution >= 4 is 11.8 Å². The summed E-state index contributed by atoms with van der Waals surface area (Å²) in [6.07, 6.45) is 1.60. The Labute approximate surface area is 86.7 Å². The highest BCUT2D eigenvalue weighted by Gasteiger charge is 2.27. The zero-order valence-electron chi connectivity index (χ0n) is 7.97. The van der Waals surface area contributed by atoms with Crippen LogP contribution in [-0.2, 0) is 6.42 Å². The maximum Gasteiger partial charge on any atom is 0.264 e. The van der Waals surface area contributed by atoms with Crippen LogP contribution in [0.3, 0.4) is 0 Å². The molecule has 0 atom stereocenters. The number of thioether (sulfide) groups is 1. The van der Waals surface area contributed by atoms with E-state index in [1.54, 1.807) is 12.1 Å². The SMILES string of the molecule is CSc1ccccc1CC(F)(F)CN. The van der Waals surface area contributed by atoms with Crippen molar-refractivity contribution in [1.82, 2.24) is 0 Å². The minimum atomic E-state index is -2.80. The molecule has 2 N–H and O–H groups in total. The van der Waals surface area contributed by atoms with Gasteiger partial charge in [0, 0.05) is 11.3 Å². The molecule has 78 valence electrons. The van der Waals surface area contributed by atoms with Gasteiger partial charge in [-0.3, -0.25) is 0 Å². The van der Waals surface area contributed by atoms with Crippen molar-refractivity contribution < 1.29 is 8.78 Å². The van der Waals surface area contributed by atoms with Crippen molar-refractivity contribution in [2.45, 2.75) is 17.2 Å². The van der Waals surface area contributed by atoms with Gasteiger partial charge in [0.2, 0.25) is 0 Å². The van der Waals surface area contributed by atoms with E-state index in [-0.39, 0.29) is 6.42 Å². The quantitative estimate of drug-likeness (QED) is 0.784. The van der Waals surface area contributed by atoms with Crippen molar-refractivity contribution in [3.8, 4) is 0 Å². The van der Waals surface area contributed by atoms with Gasteiger partial charge >= 0.3 is 0 Å². The molecule has 0 aromatic heterocycles. The largest absolute Gasteiger partial charge is 0.325 e. The lowest BCUT2D eigenvalue weighted by molar-refractivity contribution is 0.0109. The molecule has 0 aliphatic rings. The Bertz CT molecular complexity index is 302. The van der Waals surface area contributed by atoms with Gasteiger partial charge in [-0.1, -0.05) is 18.2 Å². The number of alkyl halides is 2. The molecule has 0 heterocycles. The molecule has 0 unspecified atom stereocenters. The molecule has 0 aliphatic heterocycles. The Morgan fingerprint density at radius 3 is 2.57 bits per heavy atom. The van der Waals surface area contributed by atoms with Gasteiger partial charge in [-0.25, -0.2) is 8.78 Å². The monoisotopic (exact) mass is 217 g/mol. The van der Waals surface area contributed by atoms with E-state index in [0.29, 0.717) is 5.56 Å². The molecule has 0 aliphatic carbocycles. The van der Waals surface area contributed by atoms with Crippen LogP contribution in [0.15, 0.2) is 29.2 Å². The normalized spacial score (nSPS) is 11.7. The molecule has 4 heteroatoms. The fourth-order valence-electron chi connectivity index (χ4n) is 1.20. The first-order chi connectivity index (χ1) is 6.59. The smallest absolute Gasteiger partial charge is 0.264 e. The number of nitrogens with two attached hydrogens (primary N) is 1. The molecule has 0 saturated carbocycles. The van der Waals surface area contributed by atoms with Crippen molar-refractivity contribution in [2.75, 3.05) is 12.8 Å². The molecular formula is C10H13F2NS. The van der Waals surface area contributed by atoms with Crippen molar-refractivity contribution in [1.29, 1.82) is 0 Å². The average Bonchev–Trinajstić information content (AvgIpc) is 2.18. The fraction of sp³-hybridized carbons (Fsp3) is 0.400. The predicted molar refractivity (Wildman–Crippen MR) is 55.9 cm³/mol. The van der Waals surface area contributed by atoms with Gasteiger partial charge in [-0.05, 0) is 17.9 Å². The van der Waals surface area contributed by atoms with Gasteiger partial charge in [0.05, 0.1) is 6.54 Å². The predicted octanol–water partition coefficient (Wildman–Crippen LogP) is 2.54. The summed E-state index contributed by atoms with van der Waals surface area (Å²) in [5.41, 5.74) is 5.65.